The molecule has 1 aromatic carbocycles. The van der Waals surface area contributed by atoms with Gasteiger partial charge in [0.25, 0.3) is 0 Å². The van der Waals surface area contributed by atoms with E-state index in [1.165, 1.54) is 6.20 Å². The quantitative estimate of drug-likeness (QED) is 0.839. The first-order valence-corrected chi connectivity index (χ1v) is 6.47. The van der Waals surface area contributed by atoms with Crippen LogP contribution in [0.1, 0.15) is 5.56 Å². The zero-order valence-corrected chi connectivity index (χ0v) is 11.9. The molecular weight excluding hydrogens is 335 g/mol. The number of halogens is 4. The van der Waals surface area contributed by atoms with Gasteiger partial charge in [-0.05, 0) is 18.2 Å². The Kier molecular flexibility index (Phi) is 4.17. The van der Waals surface area contributed by atoms with Gasteiger partial charge in [-0.2, -0.15) is 13.2 Å². The molecule has 0 aliphatic rings. The number of nitrogens with one attached hydrogen (secondary N) is 1. The number of aromatic nitrogens is 2. The lowest BCUT2D eigenvalue weighted by Crippen LogP contribution is -2.09. The Morgan fingerprint density at radius 2 is 2.10 bits per heavy atom. The van der Waals surface area contributed by atoms with Crippen molar-refractivity contribution in [3.8, 4) is 5.69 Å². The number of imidazole rings is 1. The van der Waals surface area contributed by atoms with Crippen LogP contribution in [0.3, 0.4) is 0 Å². The van der Waals surface area contributed by atoms with Gasteiger partial charge in [-0.25, -0.2) is 4.98 Å². The second-order valence-corrected chi connectivity index (χ2v) is 4.90. The topological polar surface area (TPSA) is 29.9 Å². The zero-order chi connectivity index (χ0) is 14.8. The van der Waals surface area contributed by atoms with Crippen molar-refractivity contribution in [2.24, 2.45) is 0 Å². The van der Waals surface area contributed by atoms with Gasteiger partial charge in [0, 0.05) is 23.4 Å². The lowest BCUT2D eigenvalue weighted by molar-refractivity contribution is -0.137. The van der Waals surface area contributed by atoms with Crippen LogP contribution in [0, 0.1) is 0 Å². The summed E-state index contributed by atoms with van der Waals surface area (Å²) in [6, 6.07) is 3.71. The van der Waals surface area contributed by atoms with Crippen LogP contribution in [0.25, 0.3) is 5.69 Å². The Morgan fingerprint density at radius 1 is 1.35 bits per heavy atom. The molecule has 0 amide bonds. The summed E-state index contributed by atoms with van der Waals surface area (Å²) in [7, 11) is 0. The highest BCUT2D eigenvalue weighted by atomic mass is 79.9. The van der Waals surface area contributed by atoms with Gasteiger partial charge in [-0.1, -0.05) is 22.0 Å². The Morgan fingerprint density at radius 3 is 2.75 bits per heavy atom. The van der Waals surface area contributed by atoms with E-state index in [0.29, 0.717) is 22.7 Å². The van der Waals surface area contributed by atoms with Crippen LogP contribution >= 0.6 is 15.9 Å². The van der Waals surface area contributed by atoms with Gasteiger partial charge in [-0.15, -0.1) is 6.58 Å². The number of alkyl halides is 3. The first-order chi connectivity index (χ1) is 9.41. The highest BCUT2D eigenvalue weighted by Gasteiger charge is 2.31. The van der Waals surface area contributed by atoms with Gasteiger partial charge in [-0.3, -0.25) is 4.57 Å². The molecule has 0 radical (unpaired) electrons. The predicted molar refractivity (Wildman–Crippen MR) is 75.0 cm³/mol. The molecule has 1 N–H and O–H groups in total. The molecule has 0 aliphatic heterocycles. The Labute approximate surface area is 122 Å². The minimum absolute atomic E-state index is 0.352. The predicted octanol–water partition coefficient (Wildman–Crippen LogP) is 4.25. The summed E-state index contributed by atoms with van der Waals surface area (Å²) in [6.45, 7) is 4.04. The van der Waals surface area contributed by atoms with Gasteiger partial charge in [0.2, 0.25) is 5.95 Å². The van der Waals surface area contributed by atoms with E-state index in [-0.39, 0.29) is 0 Å². The van der Waals surface area contributed by atoms with Crippen molar-refractivity contribution < 1.29 is 13.2 Å². The fraction of sp³-hybridized carbons (Fsp3) is 0.154. The average molecular weight is 346 g/mol. The first-order valence-electron chi connectivity index (χ1n) is 5.68. The average Bonchev–Trinajstić information content (AvgIpc) is 2.82. The molecule has 0 saturated heterocycles. The second-order valence-electron chi connectivity index (χ2n) is 3.99. The second kappa shape index (κ2) is 5.70. The van der Waals surface area contributed by atoms with Gasteiger partial charge < -0.3 is 5.32 Å². The van der Waals surface area contributed by atoms with Crippen LogP contribution in [0.15, 0.2) is 47.7 Å². The molecule has 0 saturated carbocycles. The molecule has 0 fully saturated rings. The molecule has 2 aromatic rings. The van der Waals surface area contributed by atoms with Crippen molar-refractivity contribution in [2.75, 3.05) is 11.9 Å². The smallest absolute Gasteiger partial charge is 0.352 e. The minimum Gasteiger partial charge on any atom is -0.352 e. The Hall–Kier alpha value is -1.76. The fourth-order valence-corrected chi connectivity index (χ4v) is 2.16. The molecule has 0 spiro atoms. The lowest BCUT2D eigenvalue weighted by atomic mass is 10.2. The molecule has 0 bridgehead atoms. The molecule has 3 nitrogen and oxygen atoms in total. The van der Waals surface area contributed by atoms with Crippen molar-refractivity contribution >= 4 is 21.9 Å². The summed E-state index contributed by atoms with van der Waals surface area (Å²) < 4.78 is 40.4. The molecule has 20 heavy (non-hydrogen) atoms. The maximum Gasteiger partial charge on any atom is 0.416 e. The zero-order valence-electron chi connectivity index (χ0n) is 10.3. The van der Waals surface area contributed by atoms with E-state index >= 15 is 0 Å². The van der Waals surface area contributed by atoms with Crippen LogP contribution in [0.5, 0.6) is 0 Å². The monoisotopic (exact) mass is 345 g/mol. The fourth-order valence-electron chi connectivity index (χ4n) is 1.68. The van der Waals surface area contributed by atoms with Crippen molar-refractivity contribution in [1.29, 1.82) is 0 Å². The SMILES string of the molecule is C=CCNc1nccn1-c1cc(Br)cc(C(F)(F)F)c1. The summed E-state index contributed by atoms with van der Waals surface area (Å²) in [5.74, 6) is 0.455. The maximum absolute atomic E-state index is 12.8. The molecule has 7 heteroatoms. The molecule has 1 aromatic heterocycles. The number of rotatable bonds is 4. The number of nitrogens with zero attached hydrogens (tertiary/aromatic N) is 2. The van der Waals surface area contributed by atoms with Crippen LogP contribution in [0.2, 0.25) is 0 Å². The van der Waals surface area contributed by atoms with Crippen molar-refractivity contribution in [2.45, 2.75) is 6.18 Å². The Balaban J connectivity index is 2.45. The molecule has 1 heterocycles. The van der Waals surface area contributed by atoms with E-state index in [0.717, 1.165) is 12.1 Å². The van der Waals surface area contributed by atoms with E-state index in [1.807, 2.05) is 0 Å². The summed E-state index contributed by atoms with van der Waals surface area (Å²) in [4.78, 5) is 4.06. The highest BCUT2D eigenvalue weighted by molar-refractivity contribution is 9.10. The number of hydrogen-bond acceptors (Lipinski definition) is 2. The highest BCUT2D eigenvalue weighted by Crippen LogP contribution is 2.33. The van der Waals surface area contributed by atoms with Crippen LogP contribution in [-0.4, -0.2) is 16.1 Å². The molecule has 2 rings (SSSR count). The third kappa shape index (κ3) is 3.22. The number of hydrogen-bond donors (Lipinski definition) is 1. The largest absolute Gasteiger partial charge is 0.416 e. The van der Waals surface area contributed by atoms with Crippen molar-refractivity contribution in [3.63, 3.8) is 0 Å². The van der Waals surface area contributed by atoms with Gasteiger partial charge >= 0.3 is 6.18 Å². The van der Waals surface area contributed by atoms with Gasteiger partial charge in [0.05, 0.1) is 11.3 Å². The molecular formula is C13H11BrF3N3. The normalized spacial score (nSPS) is 11.4. The van der Waals surface area contributed by atoms with Crippen molar-refractivity contribution in [1.82, 2.24) is 9.55 Å². The summed E-state index contributed by atoms with van der Waals surface area (Å²) in [6.07, 6.45) is 0.349. The maximum atomic E-state index is 12.8. The molecule has 0 atom stereocenters. The van der Waals surface area contributed by atoms with Crippen LogP contribution in [0.4, 0.5) is 19.1 Å². The van der Waals surface area contributed by atoms with Crippen LogP contribution in [-0.2, 0) is 6.18 Å². The van der Waals surface area contributed by atoms with Crippen molar-refractivity contribution in [3.05, 3.63) is 53.3 Å². The number of anilines is 1. The molecule has 0 aliphatic carbocycles. The summed E-state index contributed by atoms with van der Waals surface area (Å²) in [5.41, 5.74) is -0.346. The van der Waals surface area contributed by atoms with E-state index in [1.54, 1.807) is 22.9 Å². The summed E-state index contributed by atoms with van der Waals surface area (Å²) >= 11 is 3.10. The van der Waals surface area contributed by atoms with E-state index in [2.05, 4.69) is 32.8 Å². The van der Waals surface area contributed by atoms with Gasteiger partial charge in [0.1, 0.15) is 0 Å². The minimum atomic E-state index is -4.40. The summed E-state index contributed by atoms with van der Waals surface area (Å²) in [5, 5.41) is 2.96. The van der Waals surface area contributed by atoms with E-state index in [4.69, 9.17) is 0 Å². The first kappa shape index (κ1) is 14.6. The Bertz CT molecular complexity index is 620. The van der Waals surface area contributed by atoms with Gasteiger partial charge in [0.15, 0.2) is 0 Å². The molecule has 106 valence electrons. The third-order valence-electron chi connectivity index (χ3n) is 2.53. The van der Waals surface area contributed by atoms with E-state index in [9.17, 15) is 13.2 Å². The van der Waals surface area contributed by atoms with E-state index < -0.39 is 11.7 Å². The standard InChI is InChI=1S/C13H11BrF3N3/c1-2-3-18-12-19-4-5-20(12)11-7-9(13(15,16)17)6-10(14)8-11/h2,4-8H,1,3H2,(H,18,19). The molecule has 0 unspecified atom stereocenters. The van der Waals surface area contributed by atoms with Crippen LogP contribution < -0.4 is 5.32 Å². The number of benzene rings is 1. The lowest BCUT2D eigenvalue weighted by Gasteiger charge is -2.13. The third-order valence-corrected chi connectivity index (χ3v) is 2.99.